The Hall–Kier alpha value is -4.05. The van der Waals surface area contributed by atoms with Crippen LogP contribution in [-0.2, 0) is 6.54 Å². The summed E-state index contributed by atoms with van der Waals surface area (Å²) in [6.45, 7) is 4.31. The van der Waals surface area contributed by atoms with Gasteiger partial charge in [-0.1, -0.05) is 31.5 Å². The Kier molecular flexibility index (Phi) is 6.69. The number of rotatable bonds is 8. The van der Waals surface area contributed by atoms with Crippen LogP contribution in [0.3, 0.4) is 0 Å². The molecule has 10 heteroatoms. The Morgan fingerprint density at radius 2 is 1.97 bits per heavy atom. The number of anilines is 1. The van der Waals surface area contributed by atoms with Crippen LogP contribution in [0.25, 0.3) is 10.2 Å². The lowest BCUT2D eigenvalue weighted by molar-refractivity contribution is -0.384. The molecule has 2 aromatic carbocycles. The summed E-state index contributed by atoms with van der Waals surface area (Å²) < 4.78 is 7.28. The third-order valence-corrected chi connectivity index (χ3v) is 6.41. The molecular weight excluding hydrogens is 456 g/mol. The maximum atomic E-state index is 13.1. The molecule has 1 N–H and O–H groups in total. The number of benzene rings is 2. The monoisotopic (exact) mass is 478 g/mol. The molecule has 2 aromatic heterocycles. The number of nitro benzene ring substituents is 1. The van der Waals surface area contributed by atoms with Gasteiger partial charge in [0.1, 0.15) is 16.3 Å². The second-order valence-electron chi connectivity index (χ2n) is 7.67. The van der Waals surface area contributed by atoms with Crippen molar-refractivity contribution in [1.29, 1.82) is 0 Å². The first-order valence-corrected chi connectivity index (χ1v) is 11.5. The number of nitrogens with one attached hydrogen (secondary N) is 1. The summed E-state index contributed by atoms with van der Waals surface area (Å²) in [6, 6.07) is 12.9. The van der Waals surface area contributed by atoms with Crippen LogP contribution in [0.4, 0.5) is 11.4 Å². The van der Waals surface area contributed by atoms with Gasteiger partial charge in [0, 0.05) is 18.7 Å². The summed E-state index contributed by atoms with van der Waals surface area (Å²) in [6.07, 6.45) is 3.30. The first kappa shape index (κ1) is 23.1. The maximum Gasteiger partial charge on any atom is 0.275 e. The van der Waals surface area contributed by atoms with E-state index in [4.69, 9.17) is 4.74 Å². The lowest BCUT2D eigenvalue weighted by Gasteiger charge is -2.09. The van der Waals surface area contributed by atoms with Gasteiger partial charge in [-0.2, -0.15) is 0 Å². The zero-order chi connectivity index (χ0) is 24.2. The normalized spacial score (nSPS) is 10.9. The molecule has 4 aromatic rings. The van der Waals surface area contributed by atoms with Crippen molar-refractivity contribution in [1.82, 2.24) is 9.55 Å². The molecule has 0 fully saturated rings. The van der Waals surface area contributed by atoms with Gasteiger partial charge in [0.25, 0.3) is 17.2 Å². The standard InChI is InChI=1S/C24H22N4O5S/c1-3-4-10-27-14-25-23-20(24(27)30)15(2)21(34-23)22(29)26-16-11-17(28(31)32)13-19(12-16)33-18-8-6-5-7-9-18/h5-9,11-14H,3-4,10H2,1-2H3,(H,26,29). The molecular formula is C24H22N4O5S. The van der Waals surface area contributed by atoms with Gasteiger partial charge in [-0.15, -0.1) is 11.3 Å². The van der Waals surface area contributed by atoms with Gasteiger partial charge in [-0.25, -0.2) is 4.98 Å². The molecule has 0 radical (unpaired) electrons. The number of carbonyl (C=O) groups is 1. The van der Waals surface area contributed by atoms with Crippen LogP contribution < -0.4 is 15.6 Å². The number of hydrogen-bond donors (Lipinski definition) is 1. The molecule has 0 unspecified atom stereocenters. The van der Waals surface area contributed by atoms with Crippen molar-refractivity contribution in [2.45, 2.75) is 33.2 Å². The molecule has 0 spiro atoms. The third kappa shape index (κ3) is 4.81. The predicted molar refractivity (Wildman–Crippen MR) is 131 cm³/mol. The average molecular weight is 479 g/mol. The van der Waals surface area contributed by atoms with E-state index in [0.29, 0.717) is 33.0 Å². The highest BCUT2D eigenvalue weighted by Crippen LogP contribution is 2.32. The number of nitrogens with zero attached hydrogens (tertiary/aromatic N) is 3. The molecule has 1 amide bonds. The summed E-state index contributed by atoms with van der Waals surface area (Å²) in [4.78, 5) is 42.0. The van der Waals surface area contributed by atoms with Gasteiger partial charge in [-0.3, -0.25) is 24.3 Å². The van der Waals surface area contributed by atoms with E-state index in [1.54, 1.807) is 35.8 Å². The summed E-state index contributed by atoms with van der Waals surface area (Å²) in [7, 11) is 0. The first-order chi connectivity index (χ1) is 16.4. The van der Waals surface area contributed by atoms with Gasteiger partial charge in [0.2, 0.25) is 0 Å². The van der Waals surface area contributed by atoms with E-state index < -0.39 is 10.8 Å². The van der Waals surface area contributed by atoms with Crippen molar-refractivity contribution in [3.05, 3.63) is 85.8 Å². The van der Waals surface area contributed by atoms with Crippen molar-refractivity contribution in [2.24, 2.45) is 0 Å². The van der Waals surface area contributed by atoms with Crippen molar-refractivity contribution in [3.8, 4) is 11.5 Å². The highest BCUT2D eigenvalue weighted by molar-refractivity contribution is 7.20. The number of amides is 1. The molecule has 4 rings (SSSR count). The van der Waals surface area contributed by atoms with E-state index in [0.717, 1.165) is 24.2 Å². The molecule has 0 aliphatic heterocycles. The maximum absolute atomic E-state index is 13.1. The fourth-order valence-electron chi connectivity index (χ4n) is 3.50. The fraction of sp³-hybridized carbons (Fsp3) is 0.208. The minimum atomic E-state index is -0.555. The number of nitro groups is 1. The highest BCUT2D eigenvalue weighted by Gasteiger charge is 2.21. The van der Waals surface area contributed by atoms with Crippen molar-refractivity contribution < 1.29 is 14.5 Å². The Bertz CT molecular complexity index is 1430. The van der Waals surface area contributed by atoms with Gasteiger partial charge in [0.15, 0.2) is 0 Å². The number of hydrogen-bond acceptors (Lipinski definition) is 7. The van der Waals surface area contributed by atoms with Gasteiger partial charge in [-0.05, 0) is 31.0 Å². The molecule has 34 heavy (non-hydrogen) atoms. The largest absolute Gasteiger partial charge is 0.457 e. The smallest absolute Gasteiger partial charge is 0.275 e. The summed E-state index contributed by atoms with van der Waals surface area (Å²) in [5, 5.41) is 14.5. The minimum absolute atomic E-state index is 0.180. The summed E-state index contributed by atoms with van der Waals surface area (Å²) in [5.41, 5.74) is 0.333. The zero-order valence-corrected chi connectivity index (χ0v) is 19.4. The topological polar surface area (TPSA) is 116 Å². The Balaban J connectivity index is 1.65. The molecule has 2 heterocycles. The second kappa shape index (κ2) is 9.84. The number of unbranched alkanes of at least 4 members (excludes halogenated alkanes) is 1. The van der Waals surface area contributed by atoms with E-state index in [2.05, 4.69) is 10.3 Å². The van der Waals surface area contributed by atoms with Crippen LogP contribution in [-0.4, -0.2) is 20.4 Å². The van der Waals surface area contributed by atoms with E-state index >= 15 is 0 Å². The second-order valence-corrected chi connectivity index (χ2v) is 8.67. The van der Waals surface area contributed by atoms with E-state index in [1.807, 2.05) is 13.0 Å². The predicted octanol–water partition coefficient (Wildman–Crippen LogP) is 5.52. The fourth-order valence-corrected chi connectivity index (χ4v) is 4.53. The molecule has 0 saturated carbocycles. The number of non-ortho nitro benzene ring substituents is 1. The van der Waals surface area contributed by atoms with Crippen LogP contribution in [0, 0.1) is 17.0 Å². The number of aromatic nitrogens is 2. The molecule has 0 bridgehead atoms. The molecule has 174 valence electrons. The van der Waals surface area contributed by atoms with E-state index in [-0.39, 0.29) is 22.7 Å². The van der Waals surface area contributed by atoms with Crippen LogP contribution in [0.5, 0.6) is 11.5 Å². The highest BCUT2D eigenvalue weighted by atomic mass is 32.1. The number of thiophene rings is 1. The lowest BCUT2D eigenvalue weighted by Crippen LogP contribution is -2.20. The van der Waals surface area contributed by atoms with Crippen LogP contribution in [0.2, 0.25) is 0 Å². The Morgan fingerprint density at radius 3 is 2.68 bits per heavy atom. The first-order valence-electron chi connectivity index (χ1n) is 10.7. The van der Waals surface area contributed by atoms with Crippen LogP contribution >= 0.6 is 11.3 Å². The molecule has 0 aliphatic carbocycles. The minimum Gasteiger partial charge on any atom is -0.457 e. The van der Waals surface area contributed by atoms with Crippen molar-refractivity contribution >= 4 is 38.8 Å². The third-order valence-electron chi connectivity index (χ3n) is 5.21. The summed E-state index contributed by atoms with van der Waals surface area (Å²) >= 11 is 1.11. The zero-order valence-electron chi connectivity index (χ0n) is 18.6. The lowest BCUT2D eigenvalue weighted by atomic mass is 10.2. The SMILES string of the molecule is CCCCn1cnc2sc(C(=O)Nc3cc(Oc4ccccc4)cc([N+](=O)[O-])c3)c(C)c2c1=O. The van der Waals surface area contributed by atoms with Crippen molar-refractivity contribution in [2.75, 3.05) is 5.32 Å². The van der Waals surface area contributed by atoms with Crippen LogP contribution in [0.1, 0.15) is 35.0 Å². The van der Waals surface area contributed by atoms with Crippen molar-refractivity contribution in [3.63, 3.8) is 0 Å². The molecule has 9 nitrogen and oxygen atoms in total. The van der Waals surface area contributed by atoms with Gasteiger partial charge >= 0.3 is 0 Å². The number of ether oxygens (including phenoxy) is 1. The summed E-state index contributed by atoms with van der Waals surface area (Å²) in [5.74, 6) is 0.237. The average Bonchev–Trinajstić information content (AvgIpc) is 3.16. The number of aryl methyl sites for hydroxylation is 2. The van der Waals surface area contributed by atoms with E-state index in [9.17, 15) is 19.7 Å². The quantitative estimate of drug-likeness (QED) is 0.263. The van der Waals surface area contributed by atoms with Gasteiger partial charge in [0.05, 0.1) is 33.3 Å². The molecule has 0 saturated heterocycles. The van der Waals surface area contributed by atoms with E-state index in [1.165, 1.54) is 24.5 Å². The Labute approximate surface area is 198 Å². The number of carbonyl (C=O) groups excluding carboxylic acids is 1. The number of fused-ring (bicyclic) bond motifs is 1. The van der Waals surface area contributed by atoms with Gasteiger partial charge < -0.3 is 10.1 Å². The number of para-hydroxylation sites is 1. The molecule has 0 atom stereocenters. The molecule has 0 aliphatic rings. The van der Waals surface area contributed by atoms with Crippen LogP contribution in [0.15, 0.2) is 59.7 Å². The Morgan fingerprint density at radius 1 is 1.21 bits per heavy atom.